The second kappa shape index (κ2) is 7.29. The number of thiophene rings is 1. The van der Waals surface area contributed by atoms with E-state index in [1.54, 1.807) is 28.4 Å². The van der Waals surface area contributed by atoms with Crippen molar-refractivity contribution in [2.45, 2.75) is 13.0 Å². The standard InChI is InChI=1S/C21H17BrN2O2S/c1-13-7-8-17-16(10-13)20(18-6-3-9-27-18)24(12-19(25)23-17)21(26)14-4-2-5-15(22)11-14/h2-11,20H,12H2,1H3,(H,23,25). The molecule has 1 aromatic heterocycles. The van der Waals surface area contributed by atoms with E-state index in [4.69, 9.17) is 0 Å². The molecule has 2 amide bonds. The molecule has 1 aliphatic heterocycles. The van der Waals surface area contributed by atoms with Crippen LogP contribution in [0.4, 0.5) is 5.69 Å². The summed E-state index contributed by atoms with van der Waals surface area (Å²) in [6.45, 7) is 2.01. The third-order valence-electron chi connectivity index (χ3n) is 4.55. The molecule has 136 valence electrons. The highest BCUT2D eigenvalue weighted by molar-refractivity contribution is 9.10. The summed E-state index contributed by atoms with van der Waals surface area (Å²) in [6, 6.07) is 16.9. The minimum atomic E-state index is -0.315. The van der Waals surface area contributed by atoms with Crippen LogP contribution in [0.1, 0.15) is 32.4 Å². The van der Waals surface area contributed by atoms with Crippen LogP contribution in [0.3, 0.4) is 0 Å². The lowest BCUT2D eigenvalue weighted by Crippen LogP contribution is -2.38. The van der Waals surface area contributed by atoms with E-state index in [1.807, 2.05) is 54.8 Å². The summed E-state index contributed by atoms with van der Waals surface area (Å²) >= 11 is 5.01. The van der Waals surface area contributed by atoms with Crippen LogP contribution in [-0.2, 0) is 4.79 Å². The van der Waals surface area contributed by atoms with Gasteiger partial charge in [-0.15, -0.1) is 11.3 Å². The van der Waals surface area contributed by atoms with Crippen LogP contribution in [0, 0.1) is 6.92 Å². The molecule has 1 aliphatic rings. The lowest BCUT2D eigenvalue weighted by molar-refractivity contribution is -0.117. The molecular weight excluding hydrogens is 424 g/mol. The highest BCUT2D eigenvalue weighted by Crippen LogP contribution is 2.39. The van der Waals surface area contributed by atoms with Crippen molar-refractivity contribution in [3.63, 3.8) is 0 Å². The molecule has 0 bridgehead atoms. The van der Waals surface area contributed by atoms with E-state index >= 15 is 0 Å². The van der Waals surface area contributed by atoms with E-state index in [-0.39, 0.29) is 24.4 Å². The maximum Gasteiger partial charge on any atom is 0.255 e. The predicted octanol–water partition coefficient (Wildman–Crippen LogP) is 5.00. The van der Waals surface area contributed by atoms with Crippen molar-refractivity contribution in [2.75, 3.05) is 11.9 Å². The third-order valence-corrected chi connectivity index (χ3v) is 5.96. The Morgan fingerprint density at radius 2 is 2.04 bits per heavy atom. The highest BCUT2D eigenvalue weighted by Gasteiger charge is 2.34. The lowest BCUT2D eigenvalue weighted by Gasteiger charge is -2.29. The number of benzene rings is 2. The summed E-state index contributed by atoms with van der Waals surface area (Å²) in [4.78, 5) is 28.6. The van der Waals surface area contributed by atoms with Crippen molar-refractivity contribution in [3.8, 4) is 0 Å². The molecule has 2 heterocycles. The summed E-state index contributed by atoms with van der Waals surface area (Å²) in [6.07, 6.45) is 0. The molecule has 0 aliphatic carbocycles. The van der Waals surface area contributed by atoms with Gasteiger partial charge in [0.25, 0.3) is 5.91 Å². The van der Waals surface area contributed by atoms with Crippen molar-refractivity contribution in [2.24, 2.45) is 0 Å². The number of hydrogen-bond donors (Lipinski definition) is 1. The lowest BCUT2D eigenvalue weighted by atomic mass is 9.99. The summed E-state index contributed by atoms with van der Waals surface area (Å²) in [5, 5.41) is 4.94. The number of carbonyl (C=O) groups excluding carboxylic acids is 2. The normalized spacial score (nSPS) is 16.4. The average Bonchev–Trinajstić information content (AvgIpc) is 3.12. The molecule has 0 spiro atoms. The van der Waals surface area contributed by atoms with Crippen LogP contribution in [0.2, 0.25) is 0 Å². The first-order chi connectivity index (χ1) is 13.0. The fraction of sp³-hybridized carbons (Fsp3) is 0.143. The number of anilines is 1. The topological polar surface area (TPSA) is 49.4 Å². The van der Waals surface area contributed by atoms with Crippen LogP contribution in [-0.4, -0.2) is 23.3 Å². The minimum Gasteiger partial charge on any atom is -0.324 e. The van der Waals surface area contributed by atoms with Gasteiger partial charge < -0.3 is 10.2 Å². The fourth-order valence-corrected chi connectivity index (χ4v) is 4.61. The van der Waals surface area contributed by atoms with Crippen LogP contribution in [0.15, 0.2) is 64.5 Å². The number of amides is 2. The van der Waals surface area contributed by atoms with E-state index in [2.05, 4.69) is 21.2 Å². The zero-order valence-electron chi connectivity index (χ0n) is 14.6. The number of nitrogens with zero attached hydrogens (tertiary/aromatic N) is 1. The molecule has 1 N–H and O–H groups in total. The second-order valence-corrected chi connectivity index (χ2v) is 8.40. The Morgan fingerprint density at radius 3 is 2.78 bits per heavy atom. The third kappa shape index (κ3) is 3.55. The Balaban J connectivity index is 1.88. The quantitative estimate of drug-likeness (QED) is 0.609. The number of halogens is 1. The summed E-state index contributed by atoms with van der Waals surface area (Å²) in [5.41, 5.74) is 3.33. The van der Waals surface area contributed by atoms with Gasteiger partial charge in [-0.2, -0.15) is 0 Å². The van der Waals surface area contributed by atoms with Gasteiger partial charge in [-0.1, -0.05) is 45.8 Å². The molecule has 0 saturated carbocycles. The smallest absolute Gasteiger partial charge is 0.255 e. The number of carbonyl (C=O) groups is 2. The molecule has 0 fully saturated rings. The minimum absolute atomic E-state index is 0.00163. The molecule has 6 heteroatoms. The van der Waals surface area contributed by atoms with Crippen LogP contribution in [0.5, 0.6) is 0 Å². The van der Waals surface area contributed by atoms with E-state index < -0.39 is 0 Å². The van der Waals surface area contributed by atoms with Gasteiger partial charge in [0.15, 0.2) is 0 Å². The zero-order chi connectivity index (χ0) is 19.0. The Hall–Kier alpha value is -2.44. The van der Waals surface area contributed by atoms with E-state index in [0.29, 0.717) is 5.56 Å². The van der Waals surface area contributed by atoms with E-state index in [0.717, 1.165) is 26.2 Å². The number of fused-ring (bicyclic) bond motifs is 1. The molecule has 27 heavy (non-hydrogen) atoms. The number of rotatable bonds is 2. The van der Waals surface area contributed by atoms with E-state index in [1.165, 1.54) is 0 Å². The Kier molecular flexibility index (Phi) is 4.85. The molecule has 2 aromatic carbocycles. The summed E-state index contributed by atoms with van der Waals surface area (Å²) in [5.74, 6) is -0.360. The second-order valence-electron chi connectivity index (χ2n) is 6.50. The first-order valence-electron chi connectivity index (χ1n) is 8.53. The van der Waals surface area contributed by atoms with Crippen molar-refractivity contribution in [1.29, 1.82) is 0 Å². The summed E-state index contributed by atoms with van der Waals surface area (Å²) < 4.78 is 0.830. The van der Waals surface area contributed by atoms with Gasteiger partial charge >= 0.3 is 0 Å². The SMILES string of the molecule is Cc1ccc2c(c1)C(c1cccs1)N(C(=O)c1cccc(Br)c1)CC(=O)N2. The van der Waals surface area contributed by atoms with E-state index in [9.17, 15) is 9.59 Å². The van der Waals surface area contributed by atoms with Gasteiger partial charge in [0.05, 0.1) is 6.04 Å². The molecule has 4 rings (SSSR count). The Bertz CT molecular complexity index is 1020. The first kappa shape index (κ1) is 17.9. The highest BCUT2D eigenvalue weighted by atomic mass is 79.9. The van der Waals surface area contributed by atoms with Gasteiger partial charge in [-0.05, 0) is 42.6 Å². The monoisotopic (exact) mass is 440 g/mol. The van der Waals surface area contributed by atoms with Gasteiger partial charge in [0.2, 0.25) is 5.91 Å². The number of aryl methyl sites for hydroxylation is 1. The maximum atomic E-state index is 13.4. The van der Waals surface area contributed by atoms with Crippen molar-refractivity contribution in [3.05, 3.63) is 86.0 Å². The van der Waals surface area contributed by atoms with Crippen molar-refractivity contribution < 1.29 is 9.59 Å². The molecule has 4 nitrogen and oxygen atoms in total. The van der Waals surface area contributed by atoms with Crippen molar-refractivity contribution >= 4 is 44.8 Å². The van der Waals surface area contributed by atoms with Gasteiger partial charge in [0, 0.05) is 26.2 Å². The number of nitrogens with one attached hydrogen (secondary N) is 1. The van der Waals surface area contributed by atoms with Gasteiger partial charge in [-0.3, -0.25) is 9.59 Å². The Morgan fingerprint density at radius 1 is 1.19 bits per heavy atom. The largest absolute Gasteiger partial charge is 0.324 e. The first-order valence-corrected chi connectivity index (χ1v) is 10.2. The van der Waals surface area contributed by atoms with Crippen LogP contribution < -0.4 is 5.32 Å². The Labute approximate surface area is 170 Å². The fourth-order valence-electron chi connectivity index (χ4n) is 3.36. The average molecular weight is 441 g/mol. The van der Waals surface area contributed by atoms with Gasteiger partial charge in [-0.25, -0.2) is 0 Å². The molecule has 3 aromatic rings. The maximum absolute atomic E-state index is 13.4. The molecule has 1 unspecified atom stereocenters. The van der Waals surface area contributed by atoms with Gasteiger partial charge in [0.1, 0.15) is 6.54 Å². The van der Waals surface area contributed by atoms with Crippen molar-refractivity contribution in [1.82, 2.24) is 4.90 Å². The van der Waals surface area contributed by atoms with Crippen LogP contribution >= 0.6 is 27.3 Å². The zero-order valence-corrected chi connectivity index (χ0v) is 17.0. The predicted molar refractivity (Wildman–Crippen MR) is 111 cm³/mol. The number of hydrogen-bond acceptors (Lipinski definition) is 3. The molecule has 0 saturated heterocycles. The molecule has 1 atom stereocenters. The summed E-state index contributed by atoms with van der Waals surface area (Å²) in [7, 11) is 0. The molecule has 0 radical (unpaired) electrons. The van der Waals surface area contributed by atoms with Crippen LogP contribution in [0.25, 0.3) is 0 Å². The molecular formula is C21H17BrN2O2S.